The Balaban J connectivity index is 1.98. The van der Waals surface area contributed by atoms with Crippen molar-refractivity contribution in [3.63, 3.8) is 0 Å². The summed E-state index contributed by atoms with van der Waals surface area (Å²) >= 11 is 0. The highest BCUT2D eigenvalue weighted by Gasteiger charge is 2.21. The Hall–Kier alpha value is -2.54. The molecule has 0 unspecified atom stereocenters. The third-order valence-corrected chi connectivity index (χ3v) is 4.23. The summed E-state index contributed by atoms with van der Waals surface area (Å²) < 4.78 is 0. The molecule has 112 valence electrons. The number of carbonyl (C=O) groups excluding carboxylic acids is 1. The van der Waals surface area contributed by atoms with Gasteiger partial charge in [0, 0.05) is 35.2 Å². The van der Waals surface area contributed by atoms with E-state index in [4.69, 9.17) is 0 Å². The van der Waals surface area contributed by atoms with Gasteiger partial charge in [-0.2, -0.15) is 5.26 Å². The highest BCUT2D eigenvalue weighted by atomic mass is 16.2. The number of benzene rings is 1. The number of aryl methyl sites for hydroxylation is 1. The van der Waals surface area contributed by atoms with E-state index >= 15 is 0 Å². The van der Waals surface area contributed by atoms with Crippen LogP contribution >= 0.6 is 0 Å². The Morgan fingerprint density at radius 1 is 1.27 bits per heavy atom. The second kappa shape index (κ2) is 6.07. The van der Waals surface area contributed by atoms with Crippen molar-refractivity contribution >= 4 is 22.9 Å². The van der Waals surface area contributed by atoms with E-state index in [0.29, 0.717) is 0 Å². The van der Waals surface area contributed by atoms with Crippen molar-refractivity contribution in [2.45, 2.75) is 26.2 Å². The number of rotatable bonds is 2. The standard InChI is InChI=1S/C18H19N3O/c1-13-16(15-7-3-4-8-17(15)20-13)11-14(12-19)18(22)21-9-5-2-6-10-21/h3-4,7-8,11,20H,2,5-6,9-10H2,1H3/b14-11+. The van der Waals surface area contributed by atoms with E-state index in [1.165, 1.54) is 0 Å². The van der Waals surface area contributed by atoms with Gasteiger partial charge in [0.15, 0.2) is 0 Å². The van der Waals surface area contributed by atoms with Crippen molar-refractivity contribution in [1.29, 1.82) is 5.26 Å². The highest BCUT2D eigenvalue weighted by Crippen LogP contribution is 2.25. The van der Waals surface area contributed by atoms with Crippen LogP contribution in [0.4, 0.5) is 0 Å². The molecule has 3 rings (SSSR count). The SMILES string of the molecule is Cc1[nH]c2ccccc2c1/C=C(\C#N)C(=O)N1CCCCC1. The van der Waals surface area contributed by atoms with E-state index in [1.807, 2.05) is 31.2 Å². The third-order valence-electron chi connectivity index (χ3n) is 4.23. The fourth-order valence-corrected chi connectivity index (χ4v) is 3.04. The highest BCUT2D eigenvalue weighted by molar-refractivity contribution is 6.04. The molecule has 2 aromatic rings. The Kier molecular flexibility index (Phi) is 3.97. The Bertz CT molecular complexity index is 773. The number of nitrogens with one attached hydrogen (secondary N) is 1. The maximum atomic E-state index is 12.5. The van der Waals surface area contributed by atoms with Gasteiger partial charge in [-0.15, -0.1) is 0 Å². The average Bonchev–Trinajstić information content (AvgIpc) is 2.88. The summed E-state index contributed by atoms with van der Waals surface area (Å²) in [6.45, 7) is 3.47. The van der Waals surface area contributed by atoms with Gasteiger partial charge in [0.2, 0.25) is 0 Å². The molecule has 4 heteroatoms. The molecule has 0 radical (unpaired) electrons. The second-order valence-corrected chi connectivity index (χ2v) is 5.73. The number of H-pyrrole nitrogens is 1. The fourth-order valence-electron chi connectivity index (χ4n) is 3.04. The normalized spacial score (nSPS) is 15.8. The molecule has 0 spiro atoms. The average molecular weight is 293 g/mol. The smallest absolute Gasteiger partial charge is 0.264 e. The summed E-state index contributed by atoms with van der Waals surface area (Å²) in [5.74, 6) is -0.146. The maximum absolute atomic E-state index is 12.5. The van der Waals surface area contributed by atoms with E-state index in [9.17, 15) is 10.1 Å². The van der Waals surface area contributed by atoms with Crippen LogP contribution in [-0.4, -0.2) is 28.9 Å². The zero-order valence-corrected chi connectivity index (χ0v) is 12.7. The van der Waals surface area contributed by atoms with Crippen LogP contribution in [0.1, 0.15) is 30.5 Å². The first-order chi connectivity index (χ1) is 10.7. The van der Waals surface area contributed by atoms with Crippen molar-refractivity contribution in [2.75, 3.05) is 13.1 Å². The van der Waals surface area contributed by atoms with Crippen LogP contribution in [0.3, 0.4) is 0 Å². The number of hydrogen-bond acceptors (Lipinski definition) is 2. The number of aromatic nitrogens is 1. The van der Waals surface area contributed by atoms with Crippen LogP contribution in [0.2, 0.25) is 0 Å². The Morgan fingerprint density at radius 2 is 2.00 bits per heavy atom. The molecule has 0 saturated carbocycles. The molecule has 1 aliphatic heterocycles. The molecule has 1 amide bonds. The maximum Gasteiger partial charge on any atom is 0.264 e. The van der Waals surface area contributed by atoms with E-state index in [-0.39, 0.29) is 11.5 Å². The molecular formula is C18H19N3O. The number of fused-ring (bicyclic) bond motifs is 1. The summed E-state index contributed by atoms with van der Waals surface area (Å²) in [5.41, 5.74) is 3.14. The van der Waals surface area contributed by atoms with Crippen LogP contribution in [-0.2, 0) is 4.79 Å². The molecule has 1 N–H and O–H groups in total. The van der Waals surface area contributed by atoms with E-state index < -0.39 is 0 Å². The van der Waals surface area contributed by atoms with Crippen LogP contribution in [0.5, 0.6) is 0 Å². The van der Waals surface area contributed by atoms with Crippen molar-refractivity contribution in [3.05, 3.63) is 41.1 Å². The number of aromatic amines is 1. The number of para-hydroxylation sites is 1. The lowest BCUT2D eigenvalue weighted by atomic mass is 10.1. The molecule has 1 fully saturated rings. The zero-order valence-electron chi connectivity index (χ0n) is 12.7. The molecule has 1 aromatic carbocycles. The minimum absolute atomic E-state index is 0.146. The van der Waals surface area contributed by atoms with Gasteiger partial charge in [0.25, 0.3) is 5.91 Å². The van der Waals surface area contributed by atoms with Gasteiger partial charge in [-0.05, 0) is 38.3 Å². The fraction of sp³-hybridized carbons (Fsp3) is 0.333. The second-order valence-electron chi connectivity index (χ2n) is 5.73. The molecule has 1 saturated heterocycles. The molecule has 0 bridgehead atoms. The number of amides is 1. The lowest BCUT2D eigenvalue weighted by Crippen LogP contribution is -2.36. The largest absolute Gasteiger partial charge is 0.358 e. The topological polar surface area (TPSA) is 59.9 Å². The van der Waals surface area contributed by atoms with Crippen LogP contribution in [0, 0.1) is 18.3 Å². The van der Waals surface area contributed by atoms with Gasteiger partial charge in [0.05, 0.1) is 0 Å². The van der Waals surface area contributed by atoms with E-state index in [0.717, 1.165) is 54.5 Å². The van der Waals surface area contributed by atoms with Gasteiger partial charge in [0.1, 0.15) is 11.6 Å². The first kappa shape index (κ1) is 14.4. The minimum atomic E-state index is -0.146. The first-order valence-corrected chi connectivity index (χ1v) is 7.69. The minimum Gasteiger partial charge on any atom is -0.358 e. The number of hydrogen-bond donors (Lipinski definition) is 1. The van der Waals surface area contributed by atoms with E-state index in [2.05, 4.69) is 11.1 Å². The number of nitriles is 1. The monoisotopic (exact) mass is 293 g/mol. The molecular weight excluding hydrogens is 274 g/mol. The number of carbonyl (C=O) groups is 1. The third kappa shape index (κ3) is 2.62. The van der Waals surface area contributed by atoms with Crippen LogP contribution in [0.15, 0.2) is 29.8 Å². The summed E-state index contributed by atoms with van der Waals surface area (Å²) in [7, 11) is 0. The van der Waals surface area contributed by atoms with Crippen molar-refractivity contribution in [2.24, 2.45) is 0 Å². The molecule has 4 nitrogen and oxygen atoms in total. The quantitative estimate of drug-likeness (QED) is 0.681. The molecule has 1 aliphatic rings. The van der Waals surface area contributed by atoms with Crippen LogP contribution in [0.25, 0.3) is 17.0 Å². The number of piperidine rings is 1. The Morgan fingerprint density at radius 3 is 2.73 bits per heavy atom. The van der Waals surface area contributed by atoms with Crippen molar-refractivity contribution < 1.29 is 4.79 Å². The lowest BCUT2D eigenvalue weighted by molar-refractivity contribution is -0.127. The van der Waals surface area contributed by atoms with Crippen LogP contribution < -0.4 is 0 Å². The van der Waals surface area contributed by atoms with Gasteiger partial charge in [-0.3, -0.25) is 4.79 Å². The van der Waals surface area contributed by atoms with Gasteiger partial charge < -0.3 is 9.88 Å². The summed E-state index contributed by atoms with van der Waals surface area (Å²) in [4.78, 5) is 17.6. The predicted octanol–water partition coefficient (Wildman–Crippen LogP) is 3.40. The van der Waals surface area contributed by atoms with Crippen molar-refractivity contribution in [1.82, 2.24) is 9.88 Å². The molecule has 22 heavy (non-hydrogen) atoms. The van der Waals surface area contributed by atoms with Gasteiger partial charge in [-0.1, -0.05) is 18.2 Å². The molecule has 1 aromatic heterocycles. The molecule has 2 heterocycles. The predicted molar refractivity (Wildman–Crippen MR) is 87.1 cm³/mol. The van der Waals surface area contributed by atoms with E-state index in [1.54, 1.807) is 11.0 Å². The Labute approximate surface area is 130 Å². The molecule has 0 atom stereocenters. The molecule has 0 aliphatic carbocycles. The summed E-state index contributed by atoms with van der Waals surface area (Å²) in [6.07, 6.45) is 4.94. The van der Waals surface area contributed by atoms with Crippen molar-refractivity contribution in [3.8, 4) is 6.07 Å². The lowest BCUT2D eigenvalue weighted by Gasteiger charge is -2.26. The van der Waals surface area contributed by atoms with Gasteiger partial charge in [-0.25, -0.2) is 0 Å². The number of nitrogens with zero attached hydrogens (tertiary/aromatic N) is 2. The first-order valence-electron chi connectivity index (χ1n) is 7.69. The summed E-state index contributed by atoms with van der Waals surface area (Å²) in [5, 5.41) is 10.5. The van der Waals surface area contributed by atoms with Gasteiger partial charge >= 0.3 is 0 Å². The number of likely N-dealkylation sites (tertiary alicyclic amines) is 1. The summed E-state index contributed by atoms with van der Waals surface area (Å²) in [6, 6.07) is 10.0. The zero-order chi connectivity index (χ0) is 15.5.